The largest absolute Gasteiger partial charge is 0.379 e. The summed E-state index contributed by atoms with van der Waals surface area (Å²) < 4.78 is 5.47. The third kappa shape index (κ3) is 5.28. The Bertz CT molecular complexity index is 741. The van der Waals surface area contributed by atoms with Crippen LogP contribution in [0.4, 0.5) is 5.69 Å². The van der Waals surface area contributed by atoms with E-state index in [2.05, 4.69) is 26.6 Å². The van der Waals surface area contributed by atoms with Crippen LogP contribution in [0.15, 0.2) is 42.7 Å². The Morgan fingerprint density at radius 2 is 2.04 bits per heavy atom. The summed E-state index contributed by atoms with van der Waals surface area (Å²) in [6.07, 6.45) is 3.68. The second-order valence-electron chi connectivity index (χ2n) is 5.91. The number of nitrogens with one attached hydrogen (secondary N) is 2. The van der Waals surface area contributed by atoms with Crippen LogP contribution >= 0.6 is 35.4 Å². The molecule has 1 unspecified atom stereocenters. The fourth-order valence-electron chi connectivity index (χ4n) is 2.86. The van der Waals surface area contributed by atoms with Crippen molar-refractivity contribution in [2.24, 2.45) is 0 Å². The Hall–Kier alpha value is -1.44. The standard InChI is InChI=1S/C18H20Cl2N4OS/c19-15-4-3-14(10-16(15)20)23-18(26)22-12-17(13-2-1-5-21-11-13)24-6-8-25-9-7-24/h1-5,10-11,17H,6-9,12H2,(H2,22,23,26). The number of pyridine rings is 1. The summed E-state index contributed by atoms with van der Waals surface area (Å²) in [5, 5.41) is 7.97. The normalized spacial score (nSPS) is 16.1. The van der Waals surface area contributed by atoms with E-state index in [1.165, 1.54) is 0 Å². The lowest BCUT2D eigenvalue weighted by molar-refractivity contribution is 0.0170. The van der Waals surface area contributed by atoms with Gasteiger partial charge in [-0.2, -0.15) is 0 Å². The van der Waals surface area contributed by atoms with Crippen LogP contribution < -0.4 is 10.6 Å². The number of hydrogen-bond donors (Lipinski definition) is 2. The third-order valence-electron chi connectivity index (χ3n) is 4.19. The van der Waals surface area contributed by atoms with Crippen molar-refractivity contribution in [3.63, 3.8) is 0 Å². The van der Waals surface area contributed by atoms with E-state index in [0.717, 1.165) is 37.6 Å². The first-order valence-electron chi connectivity index (χ1n) is 8.35. The zero-order valence-electron chi connectivity index (χ0n) is 14.1. The first kappa shape index (κ1) is 19.3. The molecule has 1 atom stereocenters. The predicted octanol–water partition coefficient (Wildman–Crippen LogP) is 3.75. The first-order chi connectivity index (χ1) is 12.6. The number of ether oxygens (including phenoxy) is 1. The molecular formula is C18H20Cl2N4OS. The summed E-state index contributed by atoms with van der Waals surface area (Å²) in [7, 11) is 0. The van der Waals surface area contributed by atoms with Crippen LogP contribution in [0.3, 0.4) is 0 Å². The van der Waals surface area contributed by atoms with Gasteiger partial charge in [0.2, 0.25) is 0 Å². The van der Waals surface area contributed by atoms with Crippen molar-refractivity contribution in [3.8, 4) is 0 Å². The van der Waals surface area contributed by atoms with Crippen LogP contribution in [0.5, 0.6) is 0 Å². The van der Waals surface area contributed by atoms with Crippen LogP contribution in [0.25, 0.3) is 0 Å². The fraction of sp³-hybridized carbons (Fsp3) is 0.333. The SMILES string of the molecule is S=C(NCC(c1cccnc1)N1CCOCC1)Nc1ccc(Cl)c(Cl)c1. The lowest BCUT2D eigenvalue weighted by Gasteiger charge is -2.35. The Morgan fingerprint density at radius 1 is 1.23 bits per heavy atom. The van der Waals surface area contributed by atoms with Gasteiger partial charge in [0.05, 0.1) is 29.3 Å². The van der Waals surface area contributed by atoms with E-state index in [1.807, 2.05) is 18.3 Å². The van der Waals surface area contributed by atoms with Gasteiger partial charge in [0.25, 0.3) is 0 Å². The van der Waals surface area contributed by atoms with Gasteiger partial charge in [-0.25, -0.2) is 0 Å². The number of benzene rings is 1. The fourth-order valence-corrected chi connectivity index (χ4v) is 3.36. The average molecular weight is 411 g/mol. The molecule has 0 aliphatic carbocycles. The van der Waals surface area contributed by atoms with E-state index in [0.29, 0.717) is 21.7 Å². The van der Waals surface area contributed by atoms with Gasteiger partial charge in [0.1, 0.15) is 0 Å². The molecule has 2 aromatic rings. The molecule has 0 radical (unpaired) electrons. The number of halogens is 2. The second kappa shape index (κ2) is 9.48. The van der Waals surface area contributed by atoms with Gasteiger partial charge < -0.3 is 15.4 Å². The number of thiocarbonyl (C=S) groups is 1. The molecule has 5 nitrogen and oxygen atoms in total. The summed E-state index contributed by atoms with van der Waals surface area (Å²) >= 11 is 17.4. The van der Waals surface area contributed by atoms with Gasteiger partial charge in [-0.15, -0.1) is 0 Å². The van der Waals surface area contributed by atoms with Crippen LogP contribution in [-0.2, 0) is 4.74 Å². The highest BCUT2D eigenvalue weighted by Crippen LogP contribution is 2.25. The Balaban J connectivity index is 1.63. The smallest absolute Gasteiger partial charge is 0.170 e. The lowest BCUT2D eigenvalue weighted by atomic mass is 10.1. The van der Waals surface area contributed by atoms with Gasteiger partial charge in [-0.3, -0.25) is 9.88 Å². The maximum atomic E-state index is 6.05. The molecule has 1 saturated heterocycles. The van der Waals surface area contributed by atoms with Crippen molar-refractivity contribution in [1.29, 1.82) is 0 Å². The highest BCUT2D eigenvalue weighted by molar-refractivity contribution is 7.80. The molecule has 0 spiro atoms. The Morgan fingerprint density at radius 3 is 2.73 bits per heavy atom. The van der Waals surface area contributed by atoms with Crippen molar-refractivity contribution in [2.45, 2.75) is 6.04 Å². The van der Waals surface area contributed by atoms with Crippen LogP contribution in [0.1, 0.15) is 11.6 Å². The predicted molar refractivity (Wildman–Crippen MR) is 110 cm³/mol. The molecule has 1 aliphatic heterocycles. The minimum absolute atomic E-state index is 0.168. The minimum Gasteiger partial charge on any atom is -0.379 e. The summed E-state index contributed by atoms with van der Waals surface area (Å²) in [6, 6.07) is 9.53. The van der Waals surface area contributed by atoms with Crippen molar-refractivity contribution < 1.29 is 4.74 Å². The quantitative estimate of drug-likeness (QED) is 0.731. The van der Waals surface area contributed by atoms with Gasteiger partial charge in [0.15, 0.2) is 5.11 Å². The van der Waals surface area contributed by atoms with Crippen LogP contribution in [0, 0.1) is 0 Å². The highest BCUT2D eigenvalue weighted by Gasteiger charge is 2.23. The van der Waals surface area contributed by atoms with Gasteiger partial charge >= 0.3 is 0 Å². The number of rotatable bonds is 5. The molecule has 0 bridgehead atoms. The van der Waals surface area contributed by atoms with Crippen LogP contribution in [0.2, 0.25) is 10.0 Å². The first-order valence-corrected chi connectivity index (χ1v) is 9.51. The van der Waals surface area contributed by atoms with E-state index < -0.39 is 0 Å². The van der Waals surface area contributed by atoms with Crippen molar-refractivity contribution in [2.75, 3.05) is 38.2 Å². The van der Waals surface area contributed by atoms with Crippen LogP contribution in [-0.4, -0.2) is 47.8 Å². The van der Waals surface area contributed by atoms with Gasteiger partial charge in [-0.05, 0) is 42.0 Å². The molecular weight excluding hydrogens is 391 g/mol. The molecule has 2 heterocycles. The molecule has 1 aliphatic rings. The van der Waals surface area contributed by atoms with Crippen molar-refractivity contribution in [1.82, 2.24) is 15.2 Å². The summed E-state index contributed by atoms with van der Waals surface area (Å²) in [4.78, 5) is 6.64. The number of hydrogen-bond acceptors (Lipinski definition) is 4. The summed E-state index contributed by atoms with van der Waals surface area (Å²) in [5.41, 5.74) is 1.94. The monoisotopic (exact) mass is 410 g/mol. The molecule has 2 N–H and O–H groups in total. The highest BCUT2D eigenvalue weighted by atomic mass is 35.5. The molecule has 8 heteroatoms. The van der Waals surface area contributed by atoms with Crippen molar-refractivity contribution in [3.05, 3.63) is 58.3 Å². The number of morpholine rings is 1. The molecule has 0 amide bonds. The Kier molecular flexibility index (Phi) is 7.05. The van der Waals surface area contributed by atoms with E-state index in [4.69, 9.17) is 40.2 Å². The van der Waals surface area contributed by atoms with Gasteiger partial charge in [0, 0.05) is 37.7 Å². The van der Waals surface area contributed by atoms with E-state index >= 15 is 0 Å². The number of nitrogens with zero attached hydrogens (tertiary/aromatic N) is 2. The minimum atomic E-state index is 0.168. The molecule has 1 aromatic carbocycles. The zero-order valence-corrected chi connectivity index (χ0v) is 16.4. The molecule has 138 valence electrons. The van der Waals surface area contributed by atoms with E-state index in [9.17, 15) is 0 Å². The Labute approximate surface area is 168 Å². The molecule has 0 saturated carbocycles. The molecule has 1 aromatic heterocycles. The summed E-state index contributed by atoms with van der Waals surface area (Å²) in [6.45, 7) is 3.91. The zero-order chi connectivity index (χ0) is 18.4. The molecule has 1 fully saturated rings. The maximum Gasteiger partial charge on any atom is 0.170 e. The second-order valence-corrected chi connectivity index (χ2v) is 7.14. The van der Waals surface area contributed by atoms with E-state index in [-0.39, 0.29) is 6.04 Å². The third-order valence-corrected chi connectivity index (χ3v) is 5.17. The van der Waals surface area contributed by atoms with Crippen molar-refractivity contribution >= 4 is 46.2 Å². The number of aromatic nitrogens is 1. The molecule has 26 heavy (non-hydrogen) atoms. The summed E-state index contributed by atoms with van der Waals surface area (Å²) in [5.74, 6) is 0. The topological polar surface area (TPSA) is 49.4 Å². The maximum absolute atomic E-state index is 6.05. The molecule has 3 rings (SSSR count). The van der Waals surface area contributed by atoms with Gasteiger partial charge in [-0.1, -0.05) is 29.3 Å². The van der Waals surface area contributed by atoms with E-state index in [1.54, 1.807) is 18.3 Å². The average Bonchev–Trinajstić information content (AvgIpc) is 2.67. The number of anilines is 1. The lowest BCUT2D eigenvalue weighted by Crippen LogP contribution is -2.44.